The SMILES string of the molecule is O=C1CCC(N2C(=O)c3ccc(N4CC(N5CCC(N6CCCCC6)CC5)C4)cc3C2=O)C(=O)N1. The number of hydrogen-bond donors (Lipinski definition) is 1. The number of piperidine rings is 3. The number of carbonyl (C=O) groups is 4. The molecule has 5 heterocycles. The molecule has 5 aliphatic heterocycles. The lowest BCUT2D eigenvalue weighted by atomic mass is 9.96. The predicted molar refractivity (Wildman–Crippen MR) is 129 cm³/mol. The second-order valence-corrected chi connectivity index (χ2v) is 10.6. The second kappa shape index (κ2) is 9.02. The van der Waals surface area contributed by atoms with E-state index in [0.29, 0.717) is 17.2 Å². The lowest BCUT2D eigenvalue weighted by molar-refractivity contribution is -0.136. The Morgan fingerprint density at radius 3 is 2.14 bits per heavy atom. The summed E-state index contributed by atoms with van der Waals surface area (Å²) in [5, 5.41) is 2.24. The molecule has 4 amide bonds. The first kappa shape index (κ1) is 22.7. The molecule has 1 N–H and O–H groups in total. The molecule has 4 fully saturated rings. The minimum absolute atomic E-state index is 0.125. The number of nitrogens with zero attached hydrogens (tertiary/aromatic N) is 4. The fourth-order valence-electron chi connectivity index (χ4n) is 6.45. The zero-order chi connectivity index (χ0) is 24.1. The van der Waals surface area contributed by atoms with Gasteiger partial charge in [-0.25, -0.2) is 0 Å². The van der Waals surface area contributed by atoms with Crippen LogP contribution < -0.4 is 10.2 Å². The minimum Gasteiger partial charge on any atom is -0.368 e. The second-order valence-electron chi connectivity index (χ2n) is 10.6. The van der Waals surface area contributed by atoms with Crippen LogP contribution in [0.15, 0.2) is 18.2 Å². The first-order valence-electron chi connectivity index (χ1n) is 13.1. The number of fused-ring (bicyclic) bond motifs is 1. The molecule has 0 spiro atoms. The average Bonchev–Trinajstić information content (AvgIpc) is 3.09. The van der Waals surface area contributed by atoms with Crippen molar-refractivity contribution in [1.29, 1.82) is 0 Å². The van der Waals surface area contributed by atoms with E-state index in [2.05, 4.69) is 20.0 Å². The van der Waals surface area contributed by atoms with E-state index in [1.165, 1.54) is 45.2 Å². The molecule has 186 valence electrons. The molecule has 9 nitrogen and oxygen atoms in total. The lowest BCUT2D eigenvalue weighted by Crippen LogP contribution is -2.62. The van der Waals surface area contributed by atoms with Crippen molar-refractivity contribution in [3.05, 3.63) is 29.3 Å². The molecule has 0 saturated carbocycles. The fraction of sp³-hybridized carbons (Fsp3) is 0.615. The Labute approximate surface area is 205 Å². The third-order valence-electron chi connectivity index (χ3n) is 8.57. The zero-order valence-corrected chi connectivity index (χ0v) is 20.1. The van der Waals surface area contributed by atoms with E-state index in [1.54, 1.807) is 12.1 Å². The highest BCUT2D eigenvalue weighted by molar-refractivity contribution is 6.23. The summed E-state index contributed by atoms with van der Waals surface area (Å²) in [7, 11) is 0. The van der Waals surface area contributed by atoms with Gasteiger partial charge in [-0.15, -0.1) is 0 Å². The summed E-state index contributed by atoms with van der Waals surface area (Å²) >= 11 is 0. The van der Waals surface area contributed by atoms with Gasteiger partial charge in [-0.2, -0.15) is 0 Å². The van der Waals surface area contributed by atoms with Gasteiger partial charge in [-0.3, -0.25) is 34.3 Å². The fourth-order valence-corrected chi connectivity index (χ4v) is 6.45. The van der Waals surface area contributed by atoms with Gasteiger partial charge < -0.3 is 9.80 Å². The Kier molecular flexibility index (Phi) is 5.84. The molecule has 1 aromatic carbocycles. The number of hydrogen-bond acceptors (Lipinski definition) is 7. The summed E-state index contributed by atoms with van der Waals surface area (Å²) in [4.78, 5) is 58.4. The van der Waals surface area contributed by atoms with Crippen LogP contribution in [0, 0.1) is 0 Å². The van der Waals surface area contributed by atoms with Gasteiger partial charge in [0, 0.05) is 50.4 Å². The molecule has 6 rings (SSSR count). The summed E-state index contributed by atoms with van der Waals surface area (Å²) in [6.45, 7) is 6.68. The van der Waals surface area contributed by atoms with Gasteiger partial charge >= 0.3 is 0 Å². The van der Waals surface area contributed by atoms with E-state index >= 15 is 0 Å². The molecule has 5 aliphatic rings. The molecular weight excluding hydrogens is 446 g/mol. The van der Waals surface area contributed by atoms with E-state index in [9.17, 15) is 19.2 Å². The first-order valence-corrected chi connectivity index (χ1v) is 13.1. The van der Waals surface area contributed by atoms with Crippen molar-refractivity contribution in [3.63, 3.8) is 0 Å². The molecule has 0 radical (unpaired) electrons. The molecule has 1 atom stereocenters. The van der Waals surface area contributed by atoms with Crippen molar-refractivity contribution >= 4 is 29.3 Å². The van der Waals surface area contributed by atoms with Gasteiger partial charge in [0.25, 0.3) is 11.8 Å². The molecule has 1 aromatic rings. The Hall–Kier alpha value is -2.78. The van der Waals surface area contributed by atoms with Crippen LogP contribution in [0.1, 0.15) is 65.7 Å². The number of anilines is 1. The van der Waals surface area contributed by atoms with E-state index in [-0.39, 0.29) is 18.7 Å². The molecular formula is C26H33N5O4. The topological polar surface area (TPSA) is 93.3 Å². The van der Waals surface area contributed by atoms with Crippen LogP contribution in [0.3, 0.4) is 0 Å². The number of rotatable bonds is 4. The summed E-state index contributed by atoms with van der Waals surface area (Å²) in [6.07, 6.45) is 6.87. The molecule has 9 heteroatoms. The van der Waals surface area contributed by atoms with Crippen LogP contribution in [0.25, 0.3) is 0 Å². The molecule has 4 saturated heterocycles. The van der Waals surface area contributed by atoms with Crippen molar-refractivity contribution in [1.82, 2.24) is 20.0 Å². The molecule has 0 aliphatic carbocycles. The van der Waals surface area contributed by atoms with Crippen molar-refractivity contribution in [2.45, 2.75) is 63.1 Å². The summed E-state index contributed by atoms with van der Waals surface area (Å²) in [5.41, 5.74) is 1.62. The minimum atomic E-state index is -0.926. The van der Waals surface area contributed by atoms with Crippen molar-refractivity contribution in [2.75, 3.05) is 44.2 Å². The Bertz CT molecular complexity index is 1050. The summed E-state index contributed by atoms with van der Waals surface area (Å²) in [6, 6.07) is 5.74. The van der Waals surface area contributed by atoms with Gasteiger partial charge in [0.05, 0.1) is 11.1 Å². The van der Waals surface area contributed by atoms with Gasteiger partial charge in [0.2, 0.25) is 11.8 Å². The van der Waals surface area contributed by atoms with Crippen molar-refractivity contribution < 1.29 is 19.2 Å². The highest BCUT2D eigenvalue weighted by Crippen LogP contribution is 2.33. The number of nitrogens with one attached hydrogen (secondary N) is 1. The normalized spacial score (nSPS) is 27.3. The maximum atomic E-state index is 13.1. The third kappa shape index (κ3) is 4.04. The molecule has 0 aromatic heterocycles. The van der Waals surface area contributed by atoms with Crippen LogP contribution in [0.2, 0.25) is 0 Å². The monoisotopic (exact) mass is 479 g/mol. The van der Waals surface area contributed by atoms with Gasteiger partial charge in [-0.1, -0.05) is 6.42 Å². The number of imide groups is 2. The number of amides is 4. The largest absolute Gasteiger partial charge is 0.368 e. The maximum Gasteiger partial charge on any atom is 0.262 e. The standard InChI is InChI=1S/C26H33N5O4/c32-23-7-6-22(24(33)27-23)31-25(34)20-5-4-18(14-21(20)26(31)35)30-15-19(16-30)29-12-8-17(9-13-29)28-10-2-1-3-11-28/h4-5,14,17,19,22H,1-3,6-13,15-16H2,(H,27,32,33). The van der Waals surface area contributed by atoms with Gasteiger partial charge in [0.15, 0.2) is 0 Å². The van der Waals surface area contributed by atoms with Crippen LogP contribution in [-0.4, -0.2) is 95.7 Å². The van der Waals surface area contributed by atoms with E-state index in [1.807, 2.05) is 6.07 Å². The Morgan fingerprint density at radius 2 is 1.43 bits per heavy atom. The number of benzene rings is 1. The van der Waals surface area contributed by atoms with E-state index < -0.39 is 23.8 Å². The van der Waals surface area contributed by atoms with E-state index in [0.717, 1.165) is 42.8 Å². The van der Waals surface area contributed by atoms with Crippen LogP contribution in [0.5, 0.6) is 0 Å². The quantitative estimate of drug-likeness (QED) is 0.650. The number of likely N-dealkylation sites (tertiary alicyclic amines) is 2. The third-order valence-corrected chi connectivity index (χ3v) is 8.57. The zero-order valence-electron chi connectivity index (χ0n) is 20.1. The van der Waals surface area contributed by atoms with Crippen LogP contribution in [-0.2, 0) is 9.59 Å². The first-order chi connectivity index (χ1) is 17.0. The van der Waals surface area contributed by atoms with Crippen molar-refractivity contribution in [3.8, 4) is 0 Å². The van der Waals surface area contributed by atoms with Crippen LogP contribution in [0.4, 0.5) is 5.69 Å². The molecule has 0 bridgehead atoms. The van der Waals surface area contributed by atoms with E-state index in [4.69, 9.17) is 0 Å². The van der Waals surface area contributed by atoms with Gasteiger partial charge in [0.1, 0.15) is 6.04 Å². The maximum absolute atomic E-state index is 13.1. The number of carbonyl (C=O) groups excluding carboxylic acids is 4. The van der Waals surface area contributed by atoms with Crippen molar-refractivity contribution in [2.24, 2.45) is 0 Å². The predicted octanol–water partition coefficient (Wildman–Crippen LogP) is 1.23. The highest BCUT2D eigenvalue weighted by Gasteiger charge is 2.45. The van der Waals surface area contributed by atoms with Gasteiger partial charge in [-0.05, 0) is 63.4 Å². The van der Waals surface area contributed by atoms with Crippen LogP contribution >= 0.6 is 0 Å². The molecule has 1 unspecified atom stereocenters. The smallest absolute Gasteiger partial charge is 0.262 e. The summed E-state index contributed by atoms with van der Waals surface area (Å²) in [5.74, 6) is -1.85. The Balaban J connectivity index is 1.06. The highest BCUT2D eigenvalue weighted by atomic mass is 16.2. The summed E-state index contributed by atoms with van der Waals surface area (Å²) < 4.78 is 0. The Morgan fingerprint density at radius 1 is 0.743 bits per heavy atom. The molecule has 35 heavy (non-hydrogen) atoms. The average molecular weight is 480 g/mol. The lowest BCUT2D eigenvalue weighted by Gasteiger charge is -2.50.